The Morgan fingerprint density at radius 2 is 1.82 bits per heavy atom. The molecule has 0 saturated carbocycles. The minimum Gasteiger partial charge on any atom is -0.309 e. The van der Waals surface area contributed by atoms with E-state index in [0.29, 0.717) is 5.92 Å². The summed E-state index contributed by atoms with van der Waals surface area (Å²) in [5.41, 5.74) is 0.952. The molecule has 1 heteroatoms. The lowest BCUT2D eigenvalue weighted by molar-refractivity contribution is 0.523. The van der Waals surface area contributed by atoms with Gasteiger partial charge in [-0.3, -0.25) is 0 Å². The van der Waals surface area contributed by atoms with E-state index in [1.165, 1.54) is 6.42 Å². The van der Waals surface area contributed by atoms with Gasteiger partial charge in [-0.1, -0.05) is 41.0 Å². The summed E-state index contributed by atoms with van der Waals surface area (Å²) in [6.45, 7) is 10.7. The lowest BCUT2D eigenvalue weighted by Crippen LogP contribution is -2.25. The van der Waals surface area contributed by atoms with Crippen molar-refractivity contribution >= 4 is 5.71 Å². The predicted octanol–water partition coefficient (Wildman–Crippen LogP) is 3.49. The van der Waals surface area contributed by atoms with Crippen LogP contribution in [-0.4, -0.2) is 5.71 Å². The average Bonchev–Trinajstić information content (AvgIpc) is 1.85. The molecular formula is C10H21N. The molecule has 0 saturated heterocycles. The Kier molecular flexibility index (Phi) is 3.77. The minimum atomic E-state index is 0.0641. The summed E-state index contributed by atoms with van der Waals surface area (Å²) in [5.74, 6) is 0.458. The fraction of sp³-hybridized carbons (Fsp3) is 0.900. The zero-order valence-electron chi connectivity index (χ0n) is 8.49. The third-order valence-electron chi connectivity index (χ3n) is 2.02. The number of hydrogen-bond donors (Lipinski definition) is 1. The van der Waals surface area contributed by atoms with Crippen molar-refractivity contribution in [2.45, 2.75) is 47.5 Å². The fourth-order valence-corrected chi connectivity index (χ4v) is 1.32. The molecule has 0 aromatic heterocycles. The lowest BCUT2D eigenvalue weighted by atomic mass is 9.81. The molecule has 11 heavy (non-hydrogen) atoms. The maximum Gasteiger partial charge on any atom is 0.0171 e. The molecule has 0 bridgehead atoms. The molecule has 1 nitrogen and oxygen atoms in total. The summed E-state index contributed by atoms with van der Waals surface area (Å²) in [6.07, 6.45) is 2.33. The number of rotatable bonds is 3. The van der Waals surface area contributed by atoms with Gasteiger partial charge in [0.05, 0.1) is 0 Å². The third-order valence-corrected chi connectivity index (χ3v) is 2.02. The molecule has 0 aromatic rings. The highest BCUT2D eigenvalue weighted by molar-refractivity contribution is 5.88. The van der Waals surface area contributed by atoms with Gasteiger partial charge >= 0.3 is 0 Å². The second-order valence-electron chi connectivity index (χ2n) is 4.35. The quantitative estimate of drug-likeness (QED) is 0.603. The standard InChI is InChI=1S/C10H21N/c1-6-7-8(2)9(11)10(3,4)5/h8,11H,6-7H2,1-5H3. The van der Waals surface area contributed by atoms with Crippen LogP contribution in [0.5, 0.6) is 0 Å². The highest BCUT2D eigenvalue weighted by Gasteiger charge is 2.21. The molecule has 0 spiro atoms. The molecule has 0 amide bonds. The van der Waals surface area contributed by atoms with Gasteiger partial charge in [-0.25, -0.2) is 0 Å². The zero-order valence-corrected chi connectivity index (χ0v) is 8.49. The van der Waals surface area contributed by atoms with E-state index in [1.807, 2.05) is 0 Å². The van der Waals surface area contributed by atoms with Gasteiger partial charge in [-0.2, -0.15) is 0 Å². The van der Waals surface area contributed by atoms with Crippen LogP contribution in [0.2, 0.25) is 0 Å². The van der Waals surface area contributed by atoms with Crippen molar-refractivity contribution in [1.29, 1.82) is 5.41 Å². The predicted molar refractivity (Wildman–Crippen MR) is 51.3 cm³/mol. The van der Waals surface area contributed by atoms with Crippen molar-refractivity contribution in [2.75, 3.05) is 0 Å². The van der Waals surface area contributed by atoms with Crippen molar-refractivity contribution in [3.05, 3.63) is 0 Å². The van der Waals surface area contributed by atoms with Gasteiger partial charge in [0.15, 0.2) is 0 Å². The van der Waals surface area contributed by atoms with Crippen LogP contribution in [0.1, 0.15) is 47.5 Å². The molecule has 66 valence electrons. The molecule has 0 aliphatic rings. The Morgan fingerprint density at radius 3 is 2.09 bits per heavy atom. The molecule has 0 heterocycles. The van der Waals surface area contributed by atoms with Gasteiger partial charge in [0.25, 0.3) is 0 Å². The van der Waals surface area contributed by atoms with Crippen molar-refractivity contribution in [1.82, 2.24) is 0 Å². The molecule has 0 radical (unpaired) electrons. The van der Waals surface area contributed by atoms with Crippen LogP contribution in [-0.2, 0) is 0 Å². The van der Waals surface area contributed by atoms with Crippen LogP contribution in [0.4, 0.5) is 0 Å². The highest BCUT2D eigenvalue weighted by Crippen LogP contribution is 2.22. The van der Waals surface area contributed by atoms with Crippen LogP contribution in [0, 0.1) is 16.7 Å². The van der Waals surface area contributed by atoms with E-state index in [-0.39, 0.29) is 5.41 Å². The summed E-state index contributed by atoms with van der Waals surface area (Å²) in [5, 5.41) is 7.85. The zero-order chi connectivity index (χ0) is 9.07. The molecular weight excluding hydrogens is 134 g/mol. The van der Waals surface area contributed by atoms with Crippen molar-refractivity contribution in [3.8, 4) is 0 Å². The summed E-state index contributed by atoms with van der Waals surface area (Å²) >= 11 is 0. The van der Waals surface area contributed by atoms with E-state index in [9.17, 15) is 0 Å². The van der Waals surface area contributed by atoms with E-state index in [0.717, 1.165) is 12.1 Å². The van der Waals surface area contributed by atoms with Crippen molar-refractivity contribution in [2.24, 2.45) is 11.3 Å². The molecule has 1 atom stereocenters. The summed E-state index contributed by atoms with van der Waals surface area (Å²) in [4.78, 5) is 0. The topological polar surface area (TPSA) is 23.9 Å². The largest absolute Gasteiger partial charge is 0.309 e. The molecule has 1 N–H and O–H groups in total. The van der Waals surface area contributed by atoms with Gasteiger partial charge in [0, 0.05) is 5.71 Å². The molecule has 1 unspecified atom stereocenters. The smallest absolute Gasteiger partial charge is 0.0171 e. The van der Waals surface area contributed by atoms with Crippen LogP contribution in [0.25, 0.3) is 0 Å². The lowest BCUT2D eigenvalue weighted by Gasteiger charge is -2.24. The normalized spacial score (nSPS) is 14.6. The Balaban J connectivity index is 4.03. The van der Waals surface area contributed by atoms with Crippen LogP contribution >= 0.6 is 0 Å². The van der Waals surface area contributed by atoms with Crippen molar-refractivity contribution in [3.63, 3.8) is 0 Å². The Hall–Kier alpha value is -0.330. The second-order valence-corrected chi connectivity index (χ2v) is 4.35. The Bertz CT molecular complexity index is 130. The van der Waals surface area contributed by atoms with Crippen molar-refractivity contribution < 1.29 is 0 Å². The number of hydrogen-bond acceptors (Lipinski definition) is 1. The average molecular weight is 155 g/mol. The van der Waals surface area contributed by atoms with Gasteiger partial charge in [-0.05, 0) is 17.8 Å². The van der Waals surface area contributed by atoms with Crippen LogP contribution in [0.3, 0.4) is 0 Å². The first kappa shape index (κ1) is 10.7. The maximum absolute atomic E-state index is 7.85. The van der Waals surface area contributed by atoms with Gasteiger partial charge in [0.2, 0.25) is 0 Å². The van der Waals surface area contributed by atoms with Crippen LogP contribution in [0.15, 0.2) is 0 Å². The first-order chi connectivity index (χ1) is 4.89. The first-order valence-corrected chi connectivity index (χ1v) is 4.48. The molecule has 0 rings (SSSR count). The minimum absolute atomic E-state index is 0.0641. The van der Waals surface area contributed by atoms with Gasteiger partial charge < -0.3 is 5.41 Å². The highest BCUT2D eigenvalue weighted by atomic mass is 14.5. The van der Waals surface area contributed by atoms with E-state index < -0.39 is 0 Å². The first-order valence-electron chi connectivity index (χ1n) is 4.48. The summed E-state index contributed by atoms with van der Waals surface area (Å²) in [6, 6.07) is 0. The van der Waals surface area contributed by atoms with Crippen LogP contribution < -0.4 is 0 Å². The van der Waals surface area contributed by atoms with E-state index >= 15 is 0 Å². The van der Waals surface area contributed by atoms with E-state index in [1.54, 1.807) is 0 Å². The third kappa shape index (κ3) is 3.54. The summed E-state index contributed by atoms with van der Waals surface area (Å²) < 4.78 is 0. The van der Waals surface area contributed by atoms with Gasteiger partial charge in [-0.15, -0.1) is 0 Å². The molecule has 0 aliphatic carbocycles. The molecule has 0 aliphatic heterocycles. The SMILES string of the molecule is CCCC(C)C(=N)C(C)(C)C. The Morgan fingerprint density at radius 1 is 1.36 bits per heavy atom. The molecule has 0 fully saturated rings. The number of nitrogens with one attached hydrogen (secondary N) is 1. The summed E-state index contributed by atoms with van der Waals surface area (Å²) in [7, 11) is 0. The second kappa shape index (κ2) is 3.89. The molecule has 0 aromatic carbocycles. The Labute approximate surface area is 70.7 Å². The van der Waals surface area contributed by atoms with E-state index in [2.05, 4.69) is 34.6 Å². The fourth-order valence-electron chi connectivity index (χ4n) is 1.32. The monoisotopic (exact) mass is 155 g/mol. The van der Waals surface area contributed by atoms with Gasteiger partial charge in [0.1, 0.15) is 0 Å². The van der Waals surface area contributed by atoms with E-state index in [4.69, 9.17) is 5.41 Å². The maximum atomic E-state index is 7.85.